The number of fused-ring (bicyclic) bond motifs is 1. The van der Waals surface area contributed by atoms with Crippen LogP contribution in [0.3, 0.4) is 0 Å². The summed E-state index contributed by atoms with van der Waals surface area (Å²) in [5.41, 5.74) is 8.41. The van der Waals surface area contributed by atoms with Crippen molar-refractivity contribution in [2.75, 3.05) is 23.3 Å². The summed E-state index contributed by atoms with van der Waals surface area (Å²) >= 11 is 0. The van der Waals surface area contributed by atoms with E-state index in [9.17, 15) is 14.9 Å². The van der Waals surface area contributed by atoms with Crippen LogP contribution in [0, 0.1) is 10.1 Å². The number of nitrogens with zero attached hydrogens (tertiary/aromatic N) is 2. The molecule has 0 saturated heterocycles. The maximum Gasteiger partial charge on any atom is 0.270 e. The summed E-state index contributed by atoms with van der Waals surface area (Å²) in [6, 6.07) is 12.8. The van der Waals surface area contributed by atoms with E-state index in [1.807, 2.05) is 12.1 Å². The van der Waals surface area contributed by atoms with Crippen LogP contribution in [-0.2, 0) is 6.42 Å². The number of para-hydroxylation sites is 1. The third-order valence-corrected chi connectivity index (χ3v) is 4.50. The average molecular weight is 340 g/mol. The molecule has 1 aliphatic rings. The molecular formula is C18H20N4O3. The number of nitrogens with one attached hydrogen (secondary N) is 1. The van der Waals surface area contributed by atoms with Gasteiger partial charge in [0.2, 0.25) is 0 Å². The molecule has 0 spiro atoms. The van der Waals surface area contributed by atoms with E-state index in [4.69, 9.17) is 5.73 Å². The molecule has 0 bridgehead atoms. The molecule has 2 aromatic rings. The zero-order valence-corrected chi connectivity index (χ0v) is 13.9. The van der Waals surface area contributed by atoms with Crippen molar-refractivity contribution in [2.45, 2.75) is 19.4 Å². The Hall–Kier alpha value is -3.09. The lowest BCUT2D eigenvalue weighted by Crippen LogP contribution is -2.34. The monoisotopic (exact) mass is 340 g/mol. The van der Waals surface area contributed by atoms with Gasteiger partial charge in [0, 0.05) is 42.6 Å². The number of anilines is 2. The quantitative estimate of drug-likeness (QED) is 0.621. The van der Waals surface area contributed by atoms with Crippen LogP contribution in [0.25, 0.3) is 0 Å². The van der Waals surface area contributed by atoms with E-state index in [-0.39, 0.29) is 11.3 Å². The lowest BCUT2D eigenvalue weighted by molar-refractivity contribution is -0.384. The van der Waals surface area contributed by atoms with Crippen molar-refractivity contribution in [3.63, 3.8) is 0 Å². The molecule has 3 N–H and O–H groups in total. The van der Waals surface area contributed by atoms with Gasteiger partial charge in [0.05, 0.1) is 10.5 Å². The van der Waals surface area contributed by atoms with E-state index in [1.165, 1.54) is 29.4 Å². The molecule has 1 heterocycles. The molecule has 3 rings (SSSR count). The highest BCUT2D eigenvalue weighted by atomic mass is 16.6. The topological polar surface area (TPSA) is 102 Å². The van der Waals surface area contributed by atoms with Gasteiger partial charge >= 0.3 is 0 Å². The molecule has 1 aliphatic heterocycles. The largest absolute Gasteiger partial charge is 0.383 e. The average Bonchev–Trinajstić information content (AvgIpc) is 2.90. The Morgan fingerprint density at radius 3 is 2.84 bits per heavy atom. The number of rotatable bonds is 6. The number of hydrogen-bond acceptors (Lipinski definition) is 5. The van der Waals surface area contributed by atoms with Crippen molar-refractivity contribution >= 4 is 23.0 Å². The Labute approximate surface area is 145 Å². The molecular weight excluding hydrogens is 320 g/mol. The Bertz CT molecular complexity index is 822. The van der Waals surface area contributed by atoms with Gasteiger partial charge in [-0.15, -0.1) is 0 Å². The van der Waals surface area contributed by atoms with Gasteiger partial charge in [-0.05, 0) is 31.0 Å². The first-order valence-electron chi connectivity index (χ1n) is 8.14. The smallest absolute Gasteiger partial charge is 0.270 e. The highest BCUT2D eigenvalue weighted by Crippen LogP contribution is 2.31. The van der Waals surface area contributed by atoms with Crippen molar-refractivity contribution in [1.29, 1.82) is 0 Å². The first kappa shape index (κ1) is 16.8. The Balaban J connectivity index is 1.70. The maximum atomic E-state index is 11.6. The third-order valence-electron chi connectivity index (χ3n) is 4.50. The van der Waals surface area contributed by atoms with Gasteiger partial charge in [-0.2, -0.15) is 0 Å². The van der Waals surface area contributed by atoms with Crippen molar-refractivity contribution in [2.24, 2.45) is 5.73 Å². The Morgan fingerprint density at radius 2 is 2.12 bits per heavy atom. The number of nitro groups is 1. The number of nitro benzene ring substituents is 1. The van der Waals surface area contributed by atoms with Crippen LogP contribution < -0.4 is 16.0 Å². The number of benzene rings is 2. The predicted molar refractivity (Wildman–Crippen MR) is 97.1 cm³/mol. The summed E-state index contributed by atoms with van der Waals surface area (Å²) in [6.07, 6.45) is 1.01. The second-order valence-electron chi connectivity index (χ2n) is 6.15. The van der Waals surface area contributed by atoms with E-state index in [0.29, 0.717) is 18.3 Å². The van der Waals surface area contributed by atoms with Crippen LogP contribution in [0.5, 0.6) is 0 Å². The van der Waals surface area contributed by atoms with E-state index in [2.05, 4.69) is 29.3 Å². The molecule has 0 aromatic heterocycles. The number of non-ortho nitro benzene ring substituents is 1. The second kappa shape index (κ2) is 6.80. The number of hydrogen-bond donors (Lipinski definition) is 2. The highest BCUT2D eigenvalue weighted by Gasteiger charge is 2.25. The molecule has 0 saturated carbocycles. The fraction of sp³-hybridized carbons (Fsp3) is 0.278. The lowest BCUT2D eigenvalue weighted by atomic mass is 10.1. The molecule has 7 heteroatoms. The van der Waals surface area contributed by atoms with Gasteiger partial charge in [-0.3, -0.25) is 14.9 Å². The van der Waals surface area contributed by atoms with Crippen LogP contribution in [-0.4, -0.2) is 30.0 Å². The molecule has 2 aromatic carbocycles. The van der Waals surface area contributed by atoms with Crippen molar-refractivity contribution in [1.82, 2.24) is 0 Å². The molecule has 1 atom stereocenters. The number of carbonyl (C=O) groups is 1. The van der Waals surface area contributed by atoms with Crippen LogP contribution in [0.1, 0.15) is 22.8 Å². The summed E-state index contributed by atoms with van der Waals surface area (Å²) < 4.78 is 0. The van der Waals surface area contributed by atoms with E-state index in [1.54, 1.807) is 0 Å². The zero-order chi connectivity index (χ0) is 18.0. The van der Waals surface area contributed by atoms with Crippen molar-refractivity contribution in [3.05, 3.63) is 63.7 Å². The molecule has 25 heavy (non-hydrogen) atoms. The summed E-state index contributed by atoms with van der Waals surface area (Å²) in [5.74, 6) is -0.689. The summed E-state index contributed by atoms with van der Waals surface area (Å²) in [6.45, 7) is 3.53. The highest BCUT2D eigenvalue weighted by molar-refractivity contribution is 5.99. The first-order valence-corrected chi connectivity index (χ1v) is 8.14. The standard InChI is InChI=1S/C18H20N4O3/c1-12-10-13-4-2-3-5-17(13)21(12)9-8-20-16-7-6-14(22(24)25)11-15(16)18(19)23/h2-7,11-12,20H,8-10H2,1H3,(H2,19,23). The number of primary amides is 1. The van der Waals surface area contributed by atoms with Gasteiger partial charge in [0.25, 0.3) is 11.6 Å². The number of amides is 1. The lowest BCUT2D eigenvalue weighted by Gasteiger charge is -2.25. The van der Waals surface area contributed by atoms with Crippen molar-refractivity contribution in [3.8, 4) is 0 Å². The molecule has 0 aliphatic carbocycles. The molecule has 1 amide bonds. The van der Waals surface area contributed by atoms with Crippen LogP contribution in [0.15, 0.2) is 42.5 Å². The maximum absolute atomic E-state index is 11.6. The summed E-state index contributed by atoms with van der Waals surface area (Å²) in [5, 5.41) is 14.0. The zero-order valence-electron chi connectivity index (χ0n) is 13.9. The second-order valence-corrected chi connectivity index (χ2v) is 6.15. The van der Waals surface area contributed by atoms with Gasteiger partial charge in [-0.25, -0.2) is 0 Å². The minimum atomic E-state index is -0.689. The number of carbonyl (C=O) groups excluding carboxylic acids is 1. The Kier molecular flexibility index (Phi) is 4.56. The third kappa shape index (κ3) is 3.40. The molecule has 0 radical (unpaired) electrons. The van der Waals surface area contributed by atoms with Crippen LogP contribution >= 0.6 is 0 Å². The van der Waals surface area contributed by atoms with Gasteiger partial charge in [0.1, 0.15) is 0 Å². The van der Waals surface area contributed by atoms with Crippen LogP contribution in [0.2, 0.25) is 0 Å². The van der Waals surface area contributed by atoms with Gasteiger partial charge in [-0.1, -0.05) is 18.2 Å². The fourth-order valence-electron chi connectivity index (χ4n) is 3.29. The van der Waals surface area contributed by atoms with Crippen LogP contribution in [0.4, 0.5) is 17.1 Å². The van der Waals surface area contributed by atoms with E-state index in [0.717, 1.165) is 13.0 Å². The summed E-state index contributed by atoms with van der Waals surface area (Å²) in [4.78, 5) is 24.2. The van der Waals surface area contributed by atoms with E-state index >= 15 is 0 Å². The molecule has 0 fully saturated rings. The normalized spacial score (nSPS) is 15.7. The first-order chi connectivity index (χ1) is 12.0. The SMILES string of the molecule is CC1Cc2ccccc2N1CCNc1ccc([N+](=O)[O-])cc1C(N)=O. The number of nitrogens with two attached hydrogens (primary N) is 1. The molecule has 7 nitrogen and oxygen atoms in total. The minimum absolute atomic E-state index is 0.129. The van der Waals surface area contributed by atoms with Gasteiger partial charge in [0.15, 0.2) is 0 Å². The summed E-state index contributed by atoms with van der Waals surface area (Å²) in [7, 11) is 0. The van der Waals surface area contributed by atoms with E-state index < -0.39 is 10.8 Å². The van der Waals surface area contributed by atoms with Crippen molar-refractivity contribution < 1.29 is 9.72 Å². The predicted octanol–water partition coefficient (Wildman–Crippen LogP) is 2.56. The molecule has 1 unspecified atom stereocenters. The Morgan fingerprint density at radius 1 is 1.36 bits per heavy atom. The fourth-order valence-corrected chi connectivity index (χ4v) is 3.29. The minimum Gasteiger partial charge on any atom is -0.383 e. The molecule has 130 valence electrons. The van der Waals surface area contributed by atoms with Gasteiger partial charge < -0.3 is 16.0 Å².